The number of benzene rings is 1. The molecule has 2 N–H and O–H groups in total. The minimum absolute atomic E-state index is 0.0347. The van der Waals surface area contributed by atoms with E-state index >= 15 is 0 Å². The Morgan fingerprint density at radius 2 is 1.77 bits per heavy atom. The van der Waals surface area contributed by atoms with Gasteiger partial charge in [-0.1, -0.05) is 26.0 Å². The standard InChI is InChI=1S/C23H27NO7/c1-23(2)11-15(25)18-16(12-23)31-20(24)19(22(27)30-10-9-28-3)17(18)13-5-7-14(8-6-13)21(26)29-4/h5-8,17H,9-12,24H2,1-4H3. The summed E-state index contributed by atoms with van der Waals surface area (Å²) in [6.07, 6.45) is 0.829. The summed E-state index contributed by atoms with van der Waals surface area (Å²) in [7, 11) is 2.79. The van der Waals surface area contributed by atoms with E-state index in [0.717, 1.165) is 0 Å². The van der Waals surface area contributed by atoms with Gasteiger partial charge in [-0.3, -0.25) is 4.79 Å². The molecule has 1 atom stereocenters. The van der Waals surface area contributed by atoms with Crippen molar-refractivity contribution >= 4 is 17.7 Å². The number of methoxy groups -OCH3 is 2. The predicted molar refractivity (Wildman–Crippen MR) is 111 cm³/mol. The highest BCUT2D eigenvalue weighted by atomic mass is 16.6. The van der Waals surface area contributed by atoms with E-state index in [1.807, 2.05) is 13.8 Å². The van der Waals surface area contributed by atoms with Gasteiger partial charge >= 0.3 is 11.9 Å². The van der Waals surface area contributed by atoms with E-state index < -0.39 is 17.9 Å². The molecule has 1 aromatic carbocycles. The Balaban J connectivity index is 2.07. The van der Waals surface area contributed by atoms with Gasteiger partial charge < -0.3 is 24.7 Å². The number of hydrogen-bond acceptors (Lipinski definition) is 8. The molecule has 2 aliphatic rings. The van der Waals surface area contributed by atoms with Gasteiger partial charge in [0.1, 0.15) is 17.9 Å². The largest absolute Gasteiger partial charge is 0.465 e. The summed E-state index contributed by atoms with van der Waals surface area (Å²) >= 11 is 0. The molecule has 0 saturated carbocycles. The number of ether oxygens (including phenoxy) is 4. The van der Waals surface area contributed by atoms with Crippen molar-refractivity contribution in [1.29, 1.82) is 0 Å². The zero-order valence-electron chi connectivity index (χ0n) is 18.2. The number of Topliss-reactive ketones (excluding diaryl/α,β-unsaturated/α-hetero) is 1. The lowest BCUT2D eigenvalue weighted by atomic mass is 9.70. The van der Waals surface area contributed by atoms with Crippen LogP contribution in [-0.2, 0) is 28.5 Å². The second-order valence-electron chi connectivity index (χ2n) is 8.33. The summed E-state index contributed by atoms with van der Waals surface area (Å²) in [5, 5.41) is 0. The van der Waals surface area contributed by atoms with Gasteiger partial charge in [-0.2, -0.15) is 0 Å². The van der Waals surface area contributed by atoms with Crippen molar-refractivity contribution in [2.45, 2.75) is 32.6 Å². The Labute approximate surface area is 181 Å². The maximum absolute atomic E-state index is 13.1. The zero-order chi connectivity index (χ0) is 22.8. The van der Waals surface area contributed by atoms with Crippen molar-refractivity contribution in [2.75, 3.05) is 27.4 Å². The van der Waals surface area contributed by atoms with Gasteiger partial charge in [0.25, 0.3) is 0 Å². The first-order valence-corrected chi connectivity index (χ1v) is 9.96. The van der Waals surface area contributed by atoms with Crippen LogP contribution in [0.3, 0.4) is 0 Å². The molecule has 1 unspecified atom stereocenters. The fraction of sp³-hybridized carbons (Fsp3) is 0.435. The van der Waals surface area contributed by atoms with Crippen molar-refractivity contribution in [3.05, 3.63) is 58.2 Å². The third-order valence-corrected chi connectivity index (χ3v) is 5.36. The topological polar surface area (TPSA) is 114 Å². The molecule has 0 amide bonds. The van der Waals surface area contributed by atoms with Crippen LogP contribution in [0.5, 0.6) is 0 Å². The van der Waals surface area contributed by atoms with Gasteiger partial charge in [-0.25, -0.2) is 9.59 Å². The van der Waals surface area contributed by atoms with Crippen LogP contribution in [0, 0.1) is 5.41 Å². The van der Waals surface area contributed by atoms with E-state index in [1.54, 1.807) is 24.3 Å². The molecule has 0 spiro atoms. The Bertz CT molecular complexity index is 957. The van der Waals surface area contributed by atoms with Crippen LogP contribution in [-0.4, -0.2) is 45.2 Å². The normalized spacial score (nSPS) is 20.1. The lowest BCUT2D eigenvalue weighted by molar-refractivity contribution is -0.141. The molecule has 31 heavy (non-hydrogen) atoms. The second-order valence-corrected chi connectivity index (χ2v) is 8.33. The van der Waals surface area contributed by atoms with Crippen LogP contribution in [0.1, 0.15) is 48.5 Å². The molecular formula is C23H27NO7. The van der Waals surface area contributed by atoms with Crippen LogP contribution in [0.4, 0.5) is 0 Å². The first-order chi connectivity index (χ1) is 14.7. The summed E-state index contributed by atoms with van der Waals surface area (Å²) < 4.78 is 20.7. The van der Waals surface area contributed by atoms with Crippen LogP contribution < -0.4 is 5.73 Å². The molecule has 3 rings (SSSR count). The molecule has 0 radical (unpaired) electrons. The minimum atomic E-state index is -0.755. The number of carbonyl (C=O) groups excluding carboxylic acids is 3. The van der Waals surface area contributed by atoms with E-state index in [1.165, 1.54) is 14.2 Å². The number of esters is 2. The van der Waals surface area contributed by atoms with Crippen LogP contribution in [0.2, 0.25) is 0 Å². The van der Waals surface area contributed by atoms with E-state index in [4.69, 9.17) is 24.7 Å². The van der Waals surface area contributed by atoms with Gasteiger partial charge in [0.05, 0.1) is 25.2 Å². The molecule has 0 aromatic heterocycles. The molecule has 1 heterocycles. The fourth-order valence-corrected chi connectivity index (χ4v) is 3.94. The molecular weight excluding hydrogens is 402 g/mol. The van der Waals surface area contributed by atoms with Crippen LogP contribution in [0.25, 0.3) is 0 Å². The summed E-state index contributed by atoms with van der Waals surface area (Å²) in [5.74, 6) is -1.65. The highest BCUT2D eigenvalue weighted by Crippen LogP contribution is 2.48. The number of ketones is 1. The van der Waals surface area contributed by atoms with Crippen LogP contribution >= 0.6 is 0 Å². The number of carbonyl (C=O) groups is 3. The van der Waals surface area contributed by atoms with Crippen molar-refractivity contribution in [3.63, 3.8) is 0 Å². The summed E-state index contributed by atoms with van der Waals surface area (Å²) in [5.41, 5.74) is 7.31. The van der Waals surface area contributed by atoms with Gasteiger partial charge in [0.15, 0.2) is 5.78 Å². The summed E-state index contributed by atoms with van der Waals surface area (Å²) in [6, 6.07) is 6.52. The number of allylic oxidation sites excluding steroid dienone is 2. The zero-order valence-corrected chi connectivity index (χ0v) is 18.2. The summed E-state index contributed by atoms with van der Waals surface area (Å²) in [4.78, 5) is 37.8. The van der Waals surface area contributed by atoms with E-state index in [2.05, 4.69) is 0 Å². The van der Waals surface area contributed by atoms with Gasteiger partial charge in [0, 0.05) is 25.5 Å². The van der Waals surface area contributed by atoms with E-state index in [0.29, 0.717) is 35.3 Å². The lowest BCUT2D eigenvalue weighted by Gasteiger charge is -2.38. The van der Waals surface area contributed by atoms with E-state index in [9.17, 15) is 14.4 Å². The Hall–Kier alpha value is -3.13. The van der Waals surface area contributed by atoms with Crippen molar-refractivity contribution < 1.29 is 33.3 Å². The van der Waals surface area contributed by atoms with Crippen molar-refractivity contribution in [2.24, 2.45) is 11.1 Å². The minimum Gasteiger partial charge on any atom is -0.465 e. The molecule has 8 heteroatoms. The first-order valence-electron chi connectivity index (χ1n) is 9.96. The molecule has 0 saturated heterocycles. The SMILES string of the molecule is COCCOC(=O)C1=C(N)OC2=C(C(=O)CC(C)(C)C2)C1c1ccc(C(=O)OC)cc1. The fourth-order valence-electron chi connectivity index (χ4n) is 3.94. The molecule has 1 aromatic rings. The Kier molecular flexibility index (Phi) is 6.50. The lowest BCUT2D eigenvalue weighted by Crippen LogP contribution is -2.35. The Morgan fingerprint density at radius 1 is 1.10 bits per heavy atom. The molecule has 1 aliphatic carbocycles. The molecule has 166 valence electrons. The third-order valence-electron chi connectivity index (χ3n) is 5.36. The number of hydrogen-bond donors (Lipinski definition) is 1. The van der Waals surface area contributed by atoms with E-state index in [-0.39, 0.29) is 35.9 Å². The highest BCUT2D eigenvalue weighted by Gasteiger charge is 2.45. The maximum atomic E-state index is 13.1. The molecule has 8 nitrogen and oxygen atoms in total. The van der Waals surface area contributed by atoms with Gasteiger partial charge in [-0.05, 0) is 23.1 Å². The van der Waals surface area contributed by atoms with Crippen molar-refractivity contribution in [1.82, 2.24) is 0 Å². The maximum Gasteiger partial charge on any atom is 0.340 e. The first kappa shape index (κ1) is 22.6. The van der Waals surface area contributed by atoms with Crippen LogP contribution in [0.15, 0.2) is 47.1 Å². The third kappa shape index (κ3) is 4.64. The number of rotatable bonds is 6. The molecule has 0 bridgehead atoms. The Morgan fingerprint density at radius 3 is 2.39 bits per heavy atom. The molecule has 0 fully saturated rings. The number of nitrogens with two attached hydrogens (primary N) is 1. The van der Waals surface area contributed by atoms with Gasteiger partial charge in [-0.15, -0.1) is 0 Å². The average Bonchev–Trinajstić information content (AvgIpc) is 2.71. The monoisotopic (exact) mass is 429 g/mol. The molecule has 1 aliphatic heterocycles. The quantitative estimate of drug-likeness (QED) is 0.542. The average molecular weight is 429 g/mol. The predicted octanol–water partition coefficient (Wildman–Crippen LogP) is 2.59. The summed E-state index contributed by atoms with van der Waals surface area (Å²) in [6.45, 7) is 4.21. The van der Waals surface area contributed by atoms with Crippen molar-refractivity contribution in [3.8, 4) is 0 Å². The highest BCUT2D eigenvalue weighted by molar-refractivity contribution is 6.03. The van der Waals surface area contributed by atoms with Gasteiger partial charge in [0.2, 0.25) is 5.88 Å². The smallest absolute Gasteiger partial charge is 0.340 e. The second kappa shape index (κ2) is 8.93.